The Labute approximate surface area is 172 Å². The zero-order valence-corrected chi connectivity index (χ0v) is 17.7. The molecule has 2 heterocycles. The number of benzene rings is 1. The van der Waals surface area contributed by atoms with Crippen LogP contribution in [0.3, 0.4) is 0 Å². The maximum atomic E-state index is 13.2. The number of hydrogen-bond donors (Lipinski definition) is 1. The number of carbonyl (C=O) groups excluding carboxylic acids is 3. The number of nitrogens with zero attached hydrogens (tertiary/aromatic N) is 2. The Bertz CT molecular complexity index is 834. The molecule has 4 rings (SSSR count). The number of piperidine rings is 1. The van der Waals surface area contributed by atoms with E-state index in [4.69, 9.17) is 0 Å². The minimum absolute atomic E-state index is 0.0378. The maximum absolute atomic E-state index is 13.2. The van der Waals surface area contributed by atoms with Crippen LogP contribution in [0.1, 0.15) is 68.3 Å². The van der Waals surface area contributed by atoms with Crippen molar-refractivity contribution in [1.29, 1.82) is 0 Å². The highest BCUT2D eigenvalue weighted by atomic mass is 16.2. The number of carbonyl (C=O) groups is 3. The van der Waals surface area contributed by atoms with E-state index >= 15 is 0 Å². The van der Waals surface area contributed by atoms with E-state index in [-0.39, 0.29) is 29.7 Å². The van der Waals surface area contributed by atoms with E-state index in [1.54, 1.807) is 11.9 Å². The van der Waals surface area contributed by atoms with Crippen LogP contribution < -0.4 is 10.2 Å². The lowest BCUT2D eigenvalue weighted by Crippen LogP contribution is -2.50. The summed E-state index contributed by atoms with van der Waals surface area (Å²) in [5, 5.41) is 3.14. The summed E-state index contributed by atoms with van der Waals surface area (Å²) in [5.74, 6) is 0.134. The first-order valence-corrected chi connectivity index (χ1v) is 10.9. The molecule has 3 amide bonds. The van der Waals surface area contributed by atoms with Gasteiger partial charge in [-0.1, -0.05) is 26.7 Å². The zero-order chi connectivity index (χ0) is 20.8. The van der Waals surface area contributed by atoms with Gasteiger partial charge in [-0.15, -0.1) is 0 Å². The van der Waals surface area contributed by atoms with Crippen LogP contribution in [0.2, 0.25) is 0 Å². The summed E-state index contributed by atoms with van der Waals surface area (Å²) < 4.78 is 0. The van der Waals surface area contributed by atoms with Crippen molar-refractivity contribution < 1.29 is 14.4 Å². The summed E-state index contributed by atoms with van der Waals surface area (Å²) in [6.07, 6.45) is 5.64. The summed E-state index contributed by atoms with van der Waals surface area (Å²) in [6.45, 7) is 4.97. The lowest BCUT2D eigenvalue weighted by atomic mass is 9.73. The van der Waals surface area contributed by atoms with Crippen LogP contribution in [-0.4, -0.2) is 48.8 Å². The van der Waals surface area contributed by atoms with Crippen LogP contribution in [0.4, 0.5) is 5.69 Å². The topological polar surface area (TPSA) is 69.7 Å². The van der Waals surface area contributed by atoms with Gasteiger partial charge < -0.3 is 15.1 Å². The Balaban J connectivity index is 1.59. The zero-order valence-electron chi connectivity index (χ0n) is 17.7. The Morgan fingerprint density at radius 1 is 1.14 bits per heavy atom. The third-order valence-corrected chi connectivity index (χ3v) is 6.96. The lowest BCUT2D eigenvalue weighted by Gasteiger charge is -2.39. The molecule has 1 aliphatic carbocycles. The summed E-state index contributed by atoms with van der Waals surface area (Å²) in [6, 6.07) is 5.90. The normalized spacial score (nSPS) is 21.2. The second-order valence-electron chi connectivity index (χ2n) is 9.11. The second-order valence-corrected chi connectivity index (χ2v) is 9.11. The van der Waals surface area contributed by atoms with Crippen molar-refractivity contribution in [2.24, 2.45) is 5.92 Å². The summed E-state index contributed by atoms with van der Waals surface area (Å²) in [4.78, 5) is 42.0. The van der Waals surface area contributed by atoms with Gasteiger partial charge in [-0.3, -0.25) is 14.4 Å². The minimum atomic E-state index is -0.624. The second kappa shape index (κ2) is 7.47. The molecule has 6 nitrogen and oxygen atoms in total. The van der Waals surface area contributed by atoms with Crippen LogP contribution >= 0.6 is 0 Å². The molecule has 0 unspecified atom stereocenters. The molecule has 1 aromatic carbocycles. The van der Waals surface area contributed by atoms with Gasteiger partial charge >= 0.3 is 0 Å². The summed E-state index contributed by atoms with van der Waals surface area (Å²) in [7, 11) is 1.81. The molecule has 0 aromatic heterocycles. The van der Waals surface area contributed by atoms with E-state index in [1.165, 1.54) is 12.8 Å². The van der Waals surface area contributed by atoms with Crippen molar-refractivity contribution in [2.75, 3.05) is 25.0 Å². The number of anilines is 1. The van der Waals surface area contributed by atoms with Crippen molar-refractivity contribution in [3.63, 3.8) is 0 Å². The van der Waals surface area contributed by atoms with E-state index in [2.05, 4.69) is 5.32 Å². The first kappa shape index (κ1) is 19.9. The average Bonchev–Trinajstić information content (AvgIpc) is 3.30. The molecule has 156 valence electrons. The summed E-state index contributed by atoms with van der Waals surface area (Å²) in [5.41, 5.74) is 1.83. The predicted octanol–water partition coefficient (Wildman–Crippen LogP) is 2.85. The molecule has 0 radical (unpaired) electrons. The van der Waals surface area contributed by atoms with Crippen molar-refractivity contribution in [1.82, 2.24) is 10.2 Å². The molecule has 3 aliphatic rings. The van der Waals surface area contributed by atoms with Crippen molar-refractivity contribution in [2.45, 2.75) is 63.8 Å². The van der Waals surface area contributed by atoms with E-state index in [1.807, 2.05) is 36.9 Å². The SMILES string of the molecule is CC(C)C(=O)N1CCC2(CC1)C(=O)N(C)c1ccc(C(=O)NC3CCCC3)cc12. The molecule has 1 saturated carbocycles. The number of amides is 3. The lowest BCUT2D eigenvalue weighted by molar-refractivity contribution is -0.138. The van der Waals surface area contributed by atoms with Gasteiger partial charge in [0.25, 0.3) is 5.91 Å². The monoisotopic (exact) mass is 397 g/mol. The van der Waals surface area contributed by atoms with Crippen molar-refractivity contribution in [3.05, 3.63) is 29.3 Å². The quantitative estimate of drug-likeness (QED) is 0.853. The van der Waals surface area contributed by atoms with Gasteiger partial charge in [-0.05, 0) is 49.4 Å². The van der Waals surface area contributed by atoms with Gasteiger partial charge in [-0.2, -0.15) is 0 Å². The molecule has 2 fully saturated rings. The fourth-order valence-electron chi connectivity index (χ4n) is 5.19. The van der Waals surface area contributed by atoms with E-state index < -0.39 is 5.41 Å². The first-order valence-electron chi connectivity index (χ1n) is 10.9. The maximum Gasteiger partial charge on any atom is 0.251 e. The summed E-state index contributed by atoms with van der Waals surface area (Å²) >= 11 is 0. The smallest absolute Gasteiger partial charge is 0.251 e. The highest BCUT2D eigenvalue weighted by Gasteiger charge is 2.51. The van der Waals surface area contributed by atoms with Gasteiger partial charge in [0.05, 0.1) is 5.41 Å². The van der Waals surface area contributed by atoms with E-state index in [9.17, 15) is 14.4 Å². The first-order chi connectivity index (χ1) is 13.8. The van der Waals surface area contributed by atoms with Crippen molar-refractivity contribution in [3.8, 4) is 0 Å². The van der Waals surface area contributed by atoms with Crippen LogP contribution in [0.25, 0.3) is 0 Å². The molecule has 29 heavy (non-hydrogen) atoms. The number of likely N-dealkylation sites (N-methyl/N-ethyl adjacent to an activating group) is 1. The van der Waals surface area contributed by atoms with Gasteiger partial charge in [0, 0.05) is 43.3 Å². The van der Waals surface area contributed by atoms with Crippen molar-refractivity contribution >= 4 is 23.4 Å². The number of nitrogens with one attached hydrogen (secondary N) is 1. The van der Waals surface area contributed by atoms with E-state index in [0.717, 1.165) is 24.1 Å². The third-order valence-electron chi connectivity index (χ3n) is 6.96. The van der Waals surface area contributed by atoms with Gasteiger partial charge in [0.1, 0.15) is 0 Å². The van der Waals surface area contributed by atoms with Gasteiger partial charge in [-0.25, -0.2) is 0 Å². The molecule has 6 heteroatoms. The van der Waals surface area contributed by atoms with Crippen LogP contribution in [0.5, 0.6) is 0 Å². The fraction of sp³-hybridized carbons (Fsp3) is 0.609. The molecule has 0 atom stereocenters. The van der Waals surface area contributed by atoms with Crippen LogP contribution in [-0.2, 0) is 15.0 Å². The molecule has 2 aliphatic heterocycles. The number of likely N-dealkylation sites (tertiary alicyclic amines) is 1. The van der Waals surface area contributed by atoms with Gasteiger partial charge in [0.2, 0.25) is 11.8 Å². The number of hydrogen-bond acceptors (Lipinski definition) is 3. The fourth-order valence-corrected chi connectivity index (χ4v) is 5.19. The van der Waals surface area contributed by atoms with E-state index in [0.29, 0.717) is 31.5 Å². The van der Waals surface area contributed by atoms with Gasteiger partial charge in [0.15, 0.2) is 0 Å². The van der Waals surface area contributed by atoms with Crippen LogP contribution in [0, 0.1) is 5.92 Å². The van der Waals surface area contributed by atoms with Crippen LogP contribution in [0.15, 0.2) is 18.2 Å². The standard InChI is InChI=1S/C23H31N3O3/c1-15(2)21(28)26-12-10-23(11-13-26)18-14-16(8-9-19(18)25(3)22(23)29)20(27)24-17-6-4-5-7-17/h8-9,14-15,17H,4-7,10-13H2,1-3H3,(H,24,27). The molecule has 1 spiro atoms. The molecule has 1 N–H and O–H groups in total. The number of fused-ring (bicyclic) bond motifs is 2. The molecule has 0 bridgehead atoms. The molecule has 1 aromatic rings. The molecule has 1 saturated heterocycles. The Kier molecular flexibility index (Phi) is 5.13. The largest absolute Gasteiger partial charge is 0.349 e. The highest BCUT2D eigenvalue weighted by Crippen LogP contribution is 2.47. The molecular weight excluding hydrogens is 366 g/mol. The average molecular weight is 398 g/mol. The number of rotatable bonds is 3. The minimum Gasteiger partial charge on any atom is -0.349 e. The Morgan fingerprint density at radius 2 is 1.79 bits per heavy atom. The molecular formula is C23H31N3O3. The Hall–Kier alpha value is -2.37. The Morgan fingerprint density at radius 3 is 2.41 bits per heavy atom. The predicted molar refractivity (Wildman–Crippen MR) is 112 cm³/mol. The highest BCUT2D eigenvalue weighted by molar-refractivity contribution is 6.09. The third kappa shape index (κ3) is 3.32.